The van der Waals surface area contributed by atoms with E-state index >= 15 is 0 Å². The number of rotatable bonds is 8. The summed E-state index contributed by atoms with van der Waals surface area (Å²) in [5, 5.41) is 25.6. The van der Waals surface area contributed by atoms with Gasteiger partial charge in [-0.05, 0) is 73.9 Å². The number of benzene rings is 2. The third-order valence-corrected chi connectivity index (χ3v) is 6.36. The van der Waals surface area contributed by atoms with Gasteiger partial charge >= 0.3 is 0 Å². The number of aryl methyl sites for hydroxylation is 4. The predicted octanol–water partition coefficient (Wildman–Crippen LogP) is 0.874. The van der Waals surface area contributed by atoms with Crippen LogP contribution in [0.2, 0.25) is 0 Å². The van der Waals surface area contributed by atoms with Gasteiger partial charge in [-0.25, -0.2) is 0 Å². The summed E-state index contributed by atoms with van der Waals surface area (Å²) in [5.74, 6) is -3.09. The van der Waals surface area contributed by atoms with Crippen LogP contribution in [0, 0.1) is 13.8 Å². The van der Waals surface area contributed by atoms with Gasteiger partial charge < -0.3 is 39.9 Å². The third kappa shape index (κ3) is 13.5. The summed E-state index contributed by atoms with van der Waals surface area (Å²) in [6.07, 6.45) is 6.06. The Morgan fingerprint density at radius 1 is 0.763 bits per heavy atom. The molecule has 2 aromatic rings. The van der Waals surface area contributed by atoms with Crippen molar-refractivity contribution in [3.63, 3.8) is 0 Å². The van der Waals surface area contributed by atoms with E-state index in [1.54, 1.807) is 0 Å². The number of carboxylic acids is 2. The molecule has 8 nitrogen and oxygen atoms in total. The van der Waals surface area contributed by atoms with E-state index in [2.05, 4.69) is 73.0 Å². The highest BCUT2D eigenvalue weighted by Gasteiger charge is 2.14. The van der Waals surface area contributed by atoms with E-state index in [0.717, 1.165) is 65.1 Å². The molecule has 2 unspecified atom stereocenters. The monoisotopic (exact) mass is 524 g/mol. The molecule has 208 valence electrons. The Balaban J connectivity index is 0.000000211. The second-order valence-electron chi connectivity index (χ2n) is 9.30. The molecule has 0 radical (unpaired) electrons. The van der Waals surface area contributed by atoms with Crippen molar-refractivity contribution in [3.8, 4) is 0 Å². The average Bonchev–Trinajstić information content (AvgIpc) is 2.93. The first-order valence-corrected chi connectivity index (χ1v) is 13.2. The highest BCUT2D eigenvalue weighted by molar-refractivity contribution is 5.87. The molecule has 2 N–H and O–H groups in total. The van der Waals surface area contributed by atoms with E-state index in [9.17, 15) is 19.8 Å². The van der Waals surface area contributed by atoms with Gasteiger partial charge in [0.15, 0.2) is 0 Å². The summed E-state index contributed by atoms with van der Waals surface area (Å²) in [7, 11) is 0. The van der Waals surface area contributed by atoms with Gasteiger partial charge in [0.1, 0.15) is 0 Å². The number of hydrogen-bond acceptors (Lipinski definition) is 8. The maximum Gasteiger partial charge on any atom is 0.0703 e. The zero-order valence-electron chi connectivity index (χ0n) is 22.4. The van der Waals surface area contributed by atoms with Crippen molar-refractivity contribution in [1.29, 1.82) is 0 Å². The quantitative estimate of drug-likeness (QED) is 0.488. The van der Waals surface area contributed by atoms with Crippen LogP contribution in [0.15, 0.2) is 60.7 Å². The molecule has 2 aliphatic heterocycles. The van der Waals surface area contributed by atoms with Gasteiger partial charge in [-0.15, -0.1) is 0 Å². The number of nitrogens with one attached hydrogen (secondary N) is 2. The Labute approximate surface area is 226 Å². The number of ether oxygens (including phenoxy) is 2. The van der Waals surface area contributed by atoms with Crippen LogP contribution in [-0.4, -0.2) is 63.5 Å². The molecule has 0 saturated carbocycles. The summed E-state index contributed by atoms with van der Waals surface area (Å²) in [5.41, 5.74) is 5.68. The van der Waals surface area contributed by atoms with Crippen molar-refractivity contribution in [2.24, 2.45) is 0 Å². The van der Waals surface area contributed by atoms with Crippen LogP contribution in [0.1, 0.15) is 35.1 Å². The molecule has 2 aromatic carbocycles. The molecular formula is C30H40N2O6-2. The maximum atomic E-state index is 9.41. The zero-order chi connectivity index (χ0) is 27.6. The van der Waals surface area contributed by atoms with Crippen LogP contribution in [0.3, 0.4) is 0 Å². The van der Waals surface area contributed by atoms with Crippen molar-refractivity contribution < 1.29 is 29.3 Å². The second kappa shape index (κ2) is 18.3. The SMILES string of the molecule is Cc1ccccc1CCC1CNCCO1.Cc1ccccc1CCC1CNCCO1.O=C([O-])/C=C\C(=O)[O-]. The molecule has 38 heavy (non-hydrogen) atoms. The Kier molecular flexibility index (Phi) is 15.0. The van der Waals surface area contributed by atoms with Crippen LogP contribution in [-0.2, 0) is 31.9 Å². The topological polar surface area (TPSA) is 123 Å². The lowest BCUT2D eigenvalue weighted by Crippen LogP contribution is -2.38. The lowest BCUT2D eigenvalue weighted by atomic mass is 10.0. The normalized spacial score (nSPS) is 19.0. The van der Waals surface area contributed by atoms with Crippen molar-refractivity contribution in [2.45, 2.75) is 51.7 Å². The Bertz CT molecular complexity index is 918. The minimum Gasteiger partial charge on any atom is -0.545 e. The summed E-state index contributed by atoms with van der Waals surface area (Å²) in [4.78, 5) is 18.8. The number of carboxylic acid groups (broad SMARTS) is 2. The van der Waals surface area contributed by atoms with E-state index in [1.165, 1.54) is 22.3 Å². The summed E-state index contributed by atoms with van der Waals surface area (Å²) in [6.45, 7) is 10.1. The molecule has 0 aromatic heterocycles. The van der Waals surface area contributed by atoms with Crippen molar-refractivity contribution in [3.05, 3.63) is 82.9 Å². The summed E-state index contributed by atoms with van der Waals surface area (Å²) < 4.78 is 11.4. The largest absolute Gasteiger partial charge is 0.545 e. The van der Waals surface area contributed by atoms with Gasteiger partial charge in [-0.1, -0.05) is 48.5 Å². The molecular weight excluding hydrogens is 484 g/mol. The lowest BCUT2D eigenvalue weighted by Gasteiger charge is -2.23. The first-order valence-electron chi connectivity index (χ1n) is 13.2. The van der Waals surface area contributed by atoms with Crippen LogP contribution in [0.5, 0.6) is 0 Å². The van der Waals surface area contributed by atoms with E-state index in [0.29, 0.717) is 24.4 Å². The van der Waals surface area contributed by atoms with Gasteiger partial charge in [0.05, 0.1) is 37.4 Å². The fourth-order valence-corrected chi connectivity index (χ4v) is 4.16. The van der Waals surface area contributed by atoms with Crippen molar-refractivity contribution >= 4 is 11.9 Å². The van der Waals surface area contributed by atoms with Gasteiger partial charge in [-0.2, -0.15) is 0 Å². The maximum absolute atomic E-state index is 9.41. The Morgan fingerprint density at radius 3 is 1.47 bits per heavy atom. The van der Waals surface area contributed by atoms with Gasteiger partial charge in [0.25, 0.3) is 0 Å². The number of hydrogen-bond donors (Lipinski definition) is 2. The Morgan fingerprint density at radius 2 is 1.16 bits per heavy atom. The molecule has 8 heteroatoms. The standard InChI is InChI=1S/2C13H19NO.C4H4O4/c2*1-11-4-2-3-5-12(11)6-7-13-10-14-8-9-15-13;5-3(6)1-2-4(7)8/h2*2-5,13-14H,6-10H2,1H3;1-2H,(H,5,6)(H,7,8)/p-2/b;;2-1-. The van der Waals surface area contributed by atoms with Gasteiger partial charge in [0.2, 0.25) is 0 Å². The van der Waals surface area contributed by atoms with E-state index in [-0.39, 0.29) is 0 Å². The van der Waals surface area contributed by atoms with E-state index in [4.69, 9.17) is 9.47 Å². The molecule has 2 heterocycles. The van der Waals surface area contributed by atoms with Crippen LogP contribution in [0.25, 0.3) is 0 Å². The van der Waals surface area contributed by atoms with E-state index in [1.807, 2.05) is 0 Å². The molecule has 2 aliphatic rings. The van der Waals surface area contributed by atoms with Gasteiger partial charge in [-0.3, -0.25) is 0 Å². The molecule has 0 bridgehead atoms. The minimum atomic E-state index is -1.55. The number of morpholine rings is 2. The molecule has 2 atom stereocenters. The van der Waals surface area contributed by atoms with E-state index < -0.39 is 11.9 Å². The third-order valence-electron chi connectivity index (χ3n) is 6.36. The van der Waals surface area contributed by atoms with Crippen molar-refractivity contribution in [1.82, 2.24) is 10.6 Å². The highest BCUT2D eigenvalue weighted by Crippen LogP contribution is 2.13. The molecule has 4 rings (SSSR count). The van der Waals surface area contributed by atoms with Crippen LogP contribution < -0.4 is 20.8 Å². The first kappa shape index (κ1) is 31.2. The van der Waals surface area contributed by atoms with Crippen LogP contribution >= 0.6 is 0 Å². The van der Waals surface area contributed by atoms with Crippen LogP contribution in [0.4, 0.5) is 0 Å². The summed E-state index contributed by atoms with van der Waals surface area (Å²) >= 11 is 0. The molecule has 2 saturated heterocycles. The smallest absolute Gasteiger partial charge is 0.0703 e. The van der Waals surface area contributed by atoms with Crippen molar-refractivity contribution in [2.75, 3.05) is 39.4 Å². The molecule has 0 spiro atoms. The Hall–Kier alpha value is -3.04. The first-order chi connectivity index (χ1) is 18.3. The highest BCUT2D eigenvalue weighted by atomic mass is 16.5. The lowest BCUT2D eigenvalue weighted by molar-refractivity contribution is -0.301. The zero-order valence-corrected chi connectivity index (χ0v) is 22.4. The number of aliphatic carboxylic acids is 2. The fraction of sp³-hybridized carbons (Fsp3) is 0.467. The fourth-order valence-electron chi connectivity index (χ4n) is 4.16. The summed E-state index contributed by atoms with van der Waals surface area (Å²) in [6, 6.07) is 17.2. The van der Waals surface area contributed by atoms with Gasteiger partial charge in [0, 0.05) is 26.2 Å². The number of carbonyl (C=O) groups is 2. The molecule has 0 amide bonds. The second-order valence-corrected chi connectivity index (χ2v) is 9.30. The molecule has 0 aliphatic carbocycles. The minimum absolute atomic E-state index is 0.384. The predicted molar refractivity (Wildman–Crippen MR) is 143 cm³/mol. The molecule has 2 fully saturated rings. The average molecular weight is 525 g/mol. The number of carbonyl (C=O) groups excluding carboxylic acids is 2.